The average Bonchev–Trinajstić information content (AvgIpc) is 3.24. The first-order valence-corrected chi connectivity index (χ1v) is 21.2. The summed E-state index contributed by atoms with van der Waals surface area (Å²) in [6.45, 7) is 19.1. The van der Waals surface area contributed by atoms with Gasteiger partial charge in [-0.2, -0.15) is 0 Å². The average molecular weight is 839 g/mol. The maximum absolute atomic E-state index is 13.6. The highest BCUT2D eigenvalue weighted by Gasteiger charge is 2.59. The molecule has 4 N–H and O–H groups in total. The molecule has 5 rings (SSSR count). The Hall–Kier alpha value is -4.00. The van der Waals surface area contributed by atoms with E-state index in [0.29, 0.717) is 90.0 Å². The molecule has 0 aliphatic carbocycles. The lowest BCUT2D eigenvalue weighted by molar-refractivity contribution is -0.203. The molecule has 0 saturated carbocycles. The van der Waals surface area contributed by atoms with Crippen LogP contribution in [-0.2, 0) is 60.7 Å². The molecule has 3 saturated heterocycles. The number of amides is 2. The van der Waals surface area contributed by atoms with Crippen molar-refractivity contribution < 1.29 is 47.6 Å². The van der Waals surface area contributed by atoms with Crippen LogP contribution in [-0.4, -0.2) is 148 Å². The van der Waals surface area contributed by atoms with E-state index in [2.05, 4.69) is 9.80 Å². The van der Waals surface area contributed by atoms with Gasteiger partial charge in [0.25, 0.3) is 0 Å². The van der Waals surface area contributed by atoms with Crippen LogP contribution < -0.4 is 11.5 Å². The minimum absolute atomic E-state index is 0.0582. The summed E-state index contributed by atoms with van der Waals surface area (Å²) in [5.74, 6) is -0.977. The largest absolute Gasteiger partial charge is 0.462 e. The van der Waals surface area contributed by atoms with E-state index in [4.69, 9.17) is 39.9 Å². The number of hydrogen-bond acceptors (Lipinski definition) is 14. The number of nitrogens with zero attached hydrogens (tertiary/aromatic N) is 4. The maximum atomic E-state index is 13.6. The van der Waals surface area contributed by atoms with Crippen molar-refractivity contribution in [3.05, 3.63) is 70.8 Å². The second kappa shape index (κ2) is 21.7. The van der Waals surface area contributed by atoms with E-state index in [9.17, 15) is 19.2 Å². The van der Waals surface area contributed by atoms with E-state index in [1.807, 2.05) is 87.7 Å². The van der Waals surface area contributed by atoms with Crippen LogP contribution in [0.3, 0.4) is 0 Å². The maximum Gasteiger partial charge on any atom is 0.327 e. The van der Waals surface area contributed by atoms with Crippen LogP contribution in [0.1, 0.15) is 75.9 Å². The van der Waals surface area contributed by atoms with Crippen molar-refractivity contribution in [1.82, 2.24) is 19.6 Å². The lowest BCUT2D eigenvalue weighted by atomic mass is 9.76. The molecule has 3 fully saturated rings. The number of carbonyl (C=O) groups excluding carboxylic acids is 4. The second-order valence-electron chi connectivity index (χ2n) is 16.5. The van der Waals surface area contributed by atoms with Gasteiger partial charge in [0.05, 0.1) is 62.8 Å². The number of likely N-dealkylation sites (tertiary alicyclic amines) is 2. The molecule has 4 atom stereocenters. The monoisotopic (exact) mass is 838 g/mol. The Labute approximate surface area is 354 Å². The number of β-lactam (4-membered cyclic amide) rings is 2. The molecule has 0 radical (unpaired) electrons. The minimum Gasteiger partial charge on any atom is -0.462 e. The van der Waals surface area contributed by atoms with E-state index < -0.39 is 34.9 Å². The van der Waals surface area contributed by atoms with E-state index in [-0.39, 0.29) is 50.6 Å². The predicted octanol–water partition coefficient (Wildman–Crippen LogP) is 2.59. The van der Waals surface area contributed by atoms with Crippen LogP contribution in [0.15, 0.2) is 48.5 Å². The standard InChI is InChI=1S/C44H66N6O10/c1-7-55-19-21-57-23-25-59-37(51)35(45)33-13-9-11-31(27-33)29-49-39(43(3,4)41(49)53)47-15-17-48(18-16-47)40-44(5,6)42(54)50(40)30-32-12-10-14-34(28-32)36(46)38(52)60-26-24-58-22-20-56-8-2/h9-14,27-28,35-36,39-40H,7-8,15-26,29-30,45-46H2,1-6H3. The van der Waals surface area contributed by atoms with Gasteiger partial charge in [0.1, 0.15) is 25.3 Å². The number of esters is 2. The smallest absolute Gasteiger partial charge is 0.327 e. The fourth-order valence-electron chi connectivity index (χ4n) is 8.43. The second-order valence-corrected chi connectivity index (χ2v) is 16.5. The fraction of sp³-hybridized carbons (Fsp3) is 0.636. The summed E-state index contributed by atoms with van der Waals surface area (Å²) in [5.41, 5.74) is 14.4. The molecule has 0 spiro atoms. The molecule has 16 nitrogen and oxygen atoms in total. The summed E-state index contributed by atoms with van der Waals surface area (Å²) in [7, 11) is 0. The van der Waals surface area contributed by atoms with Crippen LogP contribution in [0.25, 0.3) is 0 Å². The Morgan fingerprint density at radius 3 is 1.32 bits per heavy atom. The van der Waals surface area contributed by atoms with Crippen molar-refractivity contribution in [3.63, 3.8) is 0 Å². The zero-order valence-corrected chi connectivity index (χ0v) is 36.3. The molecule has 60 heavy (non-hydrogen) atoms. The van der Waals surface area contributed by atoms with Gasteiger partial charge in [0, 0.05) is 52.5 Å². The summed E-state index contributed by atoms with van der Waals surface area (Å²) in [5, 5.41) is 0. The summed E-state index contributed by atoms with van der Waals surface area (Å²) in [4.78, 5) is 61.0. The topological polar surface area (TPSA) is 189 Å². The van der Waals surface area contributed by atoms with Crippen LogP contribution in [0.5, 0.6) is 0 Å². The van der Waals surface area contributed by atoms with Crippen molar-refractivity contribution in [2.75, 3.05) is 92.2 Å². The van der Waals surface area contributed by atoms with Crippen LogP contribution >= 0.6 is 0 Å². The third-order valence-electron chi connectivity index (χ3n) is 11.5. The number of rotatable bonds is 24. The van der Waals surface area contributed by atoms with Crippen LogP contribution in [0, 0.1) is 10.8 Å². The lowest BCUT2D eigenvalue weighted by Crippen LogP contribution is -2.76. The van der Waals surface area contributed by atoms with Crippen LogP contribution in [0.2, 0.25) is 0 Å². The van der Waals surface area contributed by atoms with E-state index in [0.717, 1.165) is 11.1 Å². The van der Waals surface area contributed by atoms with Crippen LogP contribution in [0.4, 0.5) is 0 Å². The van der Waals surface area contributed by atoms with Gasteiger partial charge in [-0.15, -0.1) is 0 Å². The number of carbonyl (C=O) groups is 4. The zero-order valence-electron chi connectivity index (χ0n) is 36.3. The summed E-state index contributed by atoms with van der Waals surface area (Å²) in [6.07, 6.45) is -0.258. The first-order chi connectivity index (χ1) is 28.7. The van der Waals surface area contributed by atoms with Crippen molar-refractivity contribution in [3.8, 4) is 0 Å². The molecular formula is C44H66N6O10. The van der Waals surface area contributed by atoms with E-state index >= 15 is 0 Å². The van der Waals surface area contributed by atoms with Gasteiger partial charge in [0.15, 0.2) is 0 Å². The van der Waals surface area contributed by atoms with Gasteiger partial charge in [-0.1, -0.05) is 48.5 Å². The third kappa shape index (κ3) is 11.3. The molecule has 2 aromatic carbocycles. The molecule has 2 amide bonds. The highest BCUT2D eigenvalue weighted by Crippen LogP contribution is 2.45. The number of benzene rings is 2. The number of ether oxygens (including phenoxy) is 6. The Bertz CT molecular complexity index is 1630. The van der Waals surface area contributed by atoms with Gasteiger partial charge in [-0.05, 0) is 63.8 Å². The molecule has 332 valence electrons. The molecule has 16 heteroatoms. The first kappa shape index (κ1) is 47.1. The van der Waals surface area contributed by atoms with Gasteiger partial charge in [-0.3, -0.25) is 19.4 Å². The van der Waals surface area contributed by atoms with Gasteiger partial charge in [0.2, 0.25) is 11.8 Å². The molecule has 3 aliphatic rings. The fourth-order valence-corrected chi connectivity index (χ4v) is 8.43. The third-order valence-corrected chi connectivity index (χ3v) is 11.5. The summed E-state index contributed by atoms with van der Waals surface area (Å²) >= 11 is 0. The SMILES string of the molecule is CCOCCOCCOC(=O)C(N)c1cccc(CN2C(=O)C(C)(C)C2N2CCN(C3N(Cc4cccc(C(N)C(=O)OCCOCCOCC)c4)C(=O)C3(C)C)CC2)c1. The Morgan fingerprint density at radius 1 is 0.600 bits per heavy atom. The first-order valence-electron chi connectivity index (χ1n) is 21.2. The van der Waals surface area contributed by atoms with Gasteiger partial charge in [-0.25, -0.2) is 9.59 Å². The summed E-state index contributed by atoms with van der Waals surface area (Å²) in [6, 6.07) is 12.9. The number of piperazine rings is 1. The molecule has 0 aromatic heterocycles. The molecule has 3 aliphatic heterocycles. The Morgan fingerprint density at radius 2 is 0.950 bits per heavy atom. The molecule has 0 bridgehead atoms. The molecular weight excluding hydrogens is 773 g/mol. The molecule has 4 unspecified atom stereocenters. The highest BCUT2D eigenvalue weighted by atomic mass is 16.6. The van der Waals surface area contributed by atoms with Crippen molar-refractivity contribution >= 4 is 23.8 Å². The predicted molar refractivity (Wildman–Crippen MR) is 223 cm³/mol. The molecule has 3 heterocycles. The van der Waals surface area contributed by atoms with E-state index in [1.54, 1.807) is 12.1 Å². The van der Waals surface area contributed by atoms with Gasteiger partial charge < -0.3 is 49.7 Å². The van der Waals surface area contributed by atoms with Crippen molar-refractivity contribution in [2.24, 2.45) is 22.3 Å². The molecule has 2 aromatic rings. The lowest BCUT2D eigenvalue weighted by Gasteiger charge is -2.61. The Balaban J connectivity index is 1.14. The summed E-state index contributed by atoms with van der Waals surface area (Å²) < 4.78 is 32.0. The number of hydrogen-bond donors (Lipinski definition) is 2. The Kier molecular flexibility index (Phi) is 17.0. The quantitative estimate of drug-likeness (QED) is 0.0892. The normalized spacial score (nSPS) is 21.3. The minimum atomic E-state index is -0.972. The van der Waals surface area contributed by atoms with E-state index in [1.165, 1.54) is 0 Å². The van der Waals surface area contributed by atoms with Crippen molar-refractivity contribution in [1.29, 1.82) is 0 Å². The zero-order chi connectivity index (χ0) is 43.5. The number of nitrogens with two attached hydrogens (primary N) is 2. The van der Waals surface area contributed by atoms with Gasteiger partial charge >= 0.3 is 11.9 Å². The van der Waals surface area contributed by atoms with Crippen molar-refractivity contribution in [2.45, 2.75) is 79.0 Å². The highest BCUT2D eigenvalue weighted by molar-refractivity contribution is 5.90.